The van der Waals surface area contributed by atoms with Crippen LogP contribution in [0, 0.1) is 5.82 Å². The predicted molar refractivity (Wildman–Crippen MR) is 79.7 cm³/mol. The van der Waals surface area contributed by atoms with E-state index in [0.717, 1.165) is 0 Å². The maximum atomic E-state index is 13.8. The first-order valence-corrected chi connectivity index (χ1v) is 6.51. The molecule has 2 aromatic rings. The van der Waals surface area contributed by atoms with E-state index < -0.39 is 5.82 Å². The molecule has 4 nitrogen and oxygen atoms in total. The number of anilines is 1. The number of methoxy groups -OCH3 is 2. The van der Waals surface area contributed by atoms with Crippen LogP contribution in [0.5, 0.6) is 17.2 Å². The molecule has 0 aliphatic rings. The zero-order valence-corrected chi connectivity index (χ0v) is 12.4. The zero-order chi connectivity index (χ0) is 15.4. The summed E-state index contributed by atoms with van der Waals surface area (Å²) in [5.74, 6) is 0.806. The molecule has 2 rings (SSSR count). The van der Waals surface area contributed by atoms with Gasteiger partial charge in [0.05, 0.1) is 30.5 Å². The van der Waals surface area contributed by atoms with Gasteiger partial charge in [-0.15, -0.1) is 0 Å². The molecule has 0 amide bonds. The zero-order valence-electron chi connectivity index (χ0n) is 11.7. The normalized spacial score (nSPS) is 10.3. The van der Waals surface area contributed by atoms with Gasteiger partial charge in [-0.25, -0.2) is 4.39 Å². The molecule has 0 saturated heterocycles. The molecular weight excluding hydrogens is 297 g/mol. The molecule has 0 atom stereocenters. The summed E-state index contributed by atoms with van der Waals surface area (Å²) >= 11 is 5.91. The molecule has 112 valence electrons. The van der Waals surface area contributed by atoms with Crippen LogP contribution in [-0.2, 0) is 6.61 Å². The number of nitrogen functional groups attached to an aromatic ring is 1. The van der Waals surface area contributed by atoms with Gasteiger partial charge in [-0.1, -0.05) is 17.7 Å². The highest BCUT2D eigenvalue weighted by Crippen LogP contribution is 2.35. The molecule has 2 N–H and O–H groups in total. The Balaban J connectivity index is 2.26. The Hall–Kier alpha value is -2.14. The molecule has 0 aromatic heterocycles. The Kier molecular flexibility index (Phi) is 4.75. The minimum Gasteiger partial charge on any atom is -0.496 e. The highest BCUT2D eigenvalue weighted by molar-refractivity contribution is 6.33. The summed E-state index contributed by atoms with van der Waals surface area (Å²) in [6.45, 7) is -0.0206. The van der Waals surface area contributed by atoms with Crippen molar-refractivity contribution in [2.75, 3.05) is 20.0 Å². The van der Waals surface area contributed by atoms with Crippen LogP contribution in [0.4, 0.5) is 10.1 Å². The molecule has 0 spiro atoms. The number of halogens is 2. The third kappa shape index (κ3) is 3.31. The molecule has 0 bridgehead atoms. The van der Waals surface area contributed by atoms with Gasteiger partial charge in [0.2, 0.25) is 0 Å². The number of nitrogens with two attached hydrogens (primary N) is 1. The van der Waals surface area contributed by atoms with Crippen LogP contribution in [0.25, 0.3) is 0 Å². The van der Waals surface area contributed by atoms with E-state index in [2.05, 4.69) is 0 Å². The summed E-state index contributed by atoms with van der Waals surface area (Å²) in [5.41, 5.74) is 6.40. The van der Waals surface area contributed by atoms with Crippen molar-refractivity contribution in [3.63, 3.8) is 0 Å². The third-order valence-electron chi connectivity index (χ3n) is 2.95. The van der Waals surface area contributed by atoms with Crippen molar-refractivity contribution in [2.45, 2.75) is 6.61 Å². The van der Waals surface area contributed by atoms with Gasteiger partial charge < -0.3 is 19.9 Å². The van der Waals surface area contributed by atoms with E-state index in [1.165, 1.54) is 26.4 Å². The minimum atomic E-state index is -0.407. The summed E-state index contributed by atoms with van der Waals surface area (Å²) in [4.78, 5) is 0. The van der Waals surface area contributed by atoms with Crippen molar-refractivity contribution >= 4 is 17.3 Å². The van der Waals surface area contributed by atoms with Crippen LogP contribution in [-0.4, -0.2) is 14.2 Å². The summed E-state index contributed by atoms with van der Waals surface area (Å²) in [7, 11) is 2.96. The van der Waals surface area contributed by atoms with E-state index in [1.807, 2.05) is 0 Å². The first-order chi connectivity index (χ1) is 10.1. The van der Waals surface area contributed by atoms with E-state index in [0.29, 0.717) is 33.5 Å². The Labute approximate surface area is 127 Å². The number of ether oxygens (including phenoxy) is 3. The minimum absolute atomic E-state index is 0.0206. The van der Waals surface area contributed by atoms with E-state index in [1.54, 1.807) is 18.2 Å². The molecule has 0 aliphatic carbocycles. The van der Waals surface area contributed by atoms with Gasteiger partial charge in [0.25, 0.3) is 0 Å². The Bertz CT molecular complexity index is 649. The average Bonchev–Trinajstić information content (AvgIpc) is 2.48. The molecule has 2 aromatic carbocycles. The maximum absolute atomic E-state index is 13.8. The topological polar surface area (TPSA) is 53.7 Å². The van der Waals surface area contributed by atoms with Crippen LogP contribution in [0.3, 0.4) is 0 Å². The molecular formula is C15H15ClFNO3. The lowest BCUT2D eigenvalue weighted by Gasteiger charge is -2.14. The highest BCUT2D eigenvalue weighted by atomic mass is 35.5. The SMILES string of the molecule is COc1cc(Cl)c(N)cc1OCc1c(F)cccc1OC. The second-order valence-corrected chi connectivity index (χ2v) is 4.64. The molecule has 21 heavy (non-hydrogen) atoms. The lowest BCUT2D eigenvalue weighted by atomic mass is 10.2. The standard InChI is InChI=1S/C15H15ClFNO3/c1-19-13-5-3-4-11(17)9(13)8-21-15-7-12(18)10(16)6-14(15)20-2/h3-7H,8,18H2,1-2H3. The third-order valence-corrected chi connectivity index (χ3v) is 3.28. The van der Waals surface area contributed by atoms with Crippen molar-refractivity contribution in [2.24, 2.45) is 0 Å². The highest BCUT2D eigenvalue weighted by Gasteiger charge is 2.13. The van der Waals surface area contributed by atoms with Crippen molar-refractivity contribution < 1.29 is 18.6 Å². The first kappa shape index (κ1) is 15.3. The molecule has 0 heterocycles. The molecule has 0 aliphatic heterocycles. The van der Waals surface area contributed by atoms with Crippen molar-refractivity contribution in [3.05, 3.63) is 46.7 Å². The number of benzene rings is 2. The predicted octanol–water partition coefficient (Wildman–Crippen LogP) is 3.66. The van der Waals surface area contributed by atoms with Gasteiger partial charge in [0.15, 0.2) is 11.5 Å². The number of hydrogen-bond acceptors (Lipinski definition) is 4. The van der Waals surface area contributed by atoms with Gasteiger partial charge in [0, 0.05) is 12.1 Å². The summed E-state index contributed by atoms with van der Waals surface area (Å²) < 4.78 is 29.7. The first-order valence-electron chi connectivity index (χ1n) is 6.14. The lowest BCUT2D eigenvalue weighted by molar-refractivity contribution is 0.272. The van der Waals surface area contributed by atoms with Gasteiger partial charge in [-0.05, 0) is 12.1 Å². The van der Waals surface area contributed by atoms with Gasteiger partial charge >= 0.3 is 0 Å². The number of rotatable bonds is 5. The second-order valence-electron chi connectivity index (χ2n) is 4.23. The molecule has 6 heteroatoms. The smallest absolute Gasteiger partial charge is 0.163 e. The fraction of sp³-hybridized carbons (Fsp3) is 0.200. The molecule has 0 saturated carbocycles. The molecule has 0 unspecified atom stereocenters. The van der Waals surface area contributed by atoms with Crippen molar-refractivity contribution in [1.29, 1.82) is 0 Å². The van der Waals surface area contributed by atoms with E-state index in [9.17, 15) is 4.39 Å². The summed E-state index contributed by atoms with van der Waals surface area (Å²) in [6.07, 6.45) is 0. The fourth-order valence-corrected chi connectivity index (χ4v) is 2.00. The molecule has 0 radical (unpaired) electrons. The number of hydrogen-bond donors (Lipinski definition) is 1. The fourth-order valence-electron chi connectivity index (χ4n) is 1.84. The quantitative estimate of drug-likeness (QED) is 0.856. The maximum Gasteiger partial charge on any atom is 0.163 e. The largest absolute Gasteiger partial charge is 0.496 e. The van der Waals surface area contributed by atoms with E-state index in [4.69, 9.17) is 31.5 Å². The van der Waals surface area contributed by atoms with E-state index >= 15 is 0 Å². The van der Waals surface area contributed by atoms with Crippen LogP contribution in [0.15, 0.2) is 30.3 Å². The van der Waals surface area contributed by atoms with Gasteiger partial charge in [-0.3, -0.25) is 0 Å². The van der Waals surface area contributed by atoms with Crippen LogP contribution in [0.2, 0.25) is 5.02 Å². The lowest BCUT2D eigenvalue weighted by Crippen LogP contribution is -2.03. The summed E-state index contributed by atoms with van der Waals surface area (Å²) in [5, 5.41) is 0.364. The van der Waals surface area contributed by atoms with Gasteiger partial charge in [0.1, 0.15) is 18.2 Å². The monoisotopic (exact) mass is 311 g/mol. The Morgan fingerprint density at radius 2 is 1.81 bits per heavy atom. The van der Waals surface area contributed by atoms with Crippen LogP contribution in [0.1, 0.15) is 5.56 Å². The van der Waals surface area contributed by atoms with Crippen LogP contribution < -0.4 is 19.9 Å². The average molecular weight is 312 g/mol. The van der Waals surface area contributed by atoms with E-state index in [-0.39, 0.29) is 6.61 Å². The Morgan fingerprint density at radius 3 is 2.48 bits per heavy atom. The Morgan fingerprint density at radius 1 is 1.10 bits per heavy atom. The van der Waals surface area contributed by atoms with Crippen LogP contribution >= 0.6 is 11.6 Å². The van der Waals surface area contributed by atoms with Crippen molar-refractivity contribution in [3.8, 4) is 17.2 Å². The second kappa shape index (κ2) is 6.54. The molecule has 0 fully saturated rings. The van der Waals surface area contributed by atoms with Gasteiger partial charge in [-0.2, -0.15) is 0 Å². The van der Waals surface area contributed by atoms with Crippen molar-refractivity contribution in [1.82, 2.24) is 0 Å². The summed E-state index contributed by atoms with van der Waals surface area (Å²) in [6, 6.07) is 7.65.